The zero-order valence-electron chi connectivity index (χ0n) is 24.1. The number of nitrogens with one attached hydrogen (secondary N) is 1. The van der Waals surface area contributed by atoms with E-state index in [9.17, 15) is 14.0 Å². The number of likely N-dealkylation sites (N-methyl/N-ethyl adjacent to an activating group) is 1. The molecule has 2 aliphatic rings. The molecule has 0 radical (unpaired) electrons. The van der Waals surface area contributed by atoms with Gasteiger partial charge in [0, 0.05) is 51.3 Å². The fourth-order valence-corrected chi connectivity index (χ4v) is 6.19. The predicted molar refractivity (Wildman–Crippen MR) is 167 cm³/mol. The summed E-state index contributed by atoms with van der Waals surface area (Å²) in [5, 5.41) is 3.63. The predicted octanol–water partition coefficient (Wildman–Crippen LogP) is 5.65. The van der Waals surface area contributed by atoms with Gasteiger partial charge in [-0.15, -0.1) is 0 Å². The number of rotatable bonds is 10. The summed E-state index contributed by atoms with van der Waals surface area (Å²) in [5.41, 5.74) is 5.21. The van der Waals surface area contributed by atoms with Crippen molar-refractivity contribution in [2.24, 2.45) is 0 Å². The van der Waals surface area contributed by atoms with Crippen LogP contribution in [0.25, 0.3) is 5.57 Å². The van der Waals surface area contributed by atoms with E-state index in [2.05, 4.69) is 51.6 Å². The zero-order chi connectivity index (χ0) is 29.6. The summed E-state index contributed by atoms with van der Waals surface area (Å²) in [4.78, 5) is 30.0. The molecule has 0 aromatic heterocycles. The Bertz CT molecular complexity index is 1460. The molecule has 42 heavy (non-hydrogen) atoms. The molecule has 6 nitrogen and oxygen atoms in total. The van der Waals surface area contributed by atoms with Crippen LogP contribution < -0.4 is 10.1 Å². The molecule has 8 heteroatoms. The van der Waals surface area contributed by atoms with E-state index in [0.717, 1.165) is 46.0 Å². The molecule has 1 N–H and O–H groups in total. The van der Waals surface area contributed by atoms with Gasteiger partial charge >= 0.3 is 0 Å². The van der Waals surface area contributed by atoms with E-state index in [1.54, 1.807) is 13.0 Å². The van der Waals surface area contributed by atoms with E-state index in [-0.39, 0.29) is 29.7 Å². The maximum atomic E-state index is 14.0. The monoisotopic (exact) mass is 633 g/mol. The van der Waals surface area contributed by atoms with Crippen molar-refractivity contribution in [2.75, 3.05) is 33.3 Å². The van der Waals surface area contributed by atoms with Gasteiger partial charge in [-0.1, -0.05) is 54.6 Å². The lowest BCUT2D eigenvalue weighted by Crippen LogP contribution is -2.61. The minimum atomic E-state index is -0.330. The van der Waals surface area contributed by atoms with Crippen LogP contribution in [0.5, 0.6) is 5.75 Å². The number of aryl methyl sites for hydroxylation is 1. The molecule has 1 unspecified atom stereocenters. The molecule has 2 amide bonds. The average molecular weight is 635 g/mol. The SMILES string of the molecule is CC(=O)N1CC2CC(c3cccc(CCCOc4cc(F)ccc4Br)c3)=C(C(=O)N(C)CCc3ccccc3)[C@@H](C1)N2. The second-order valence-electron chi connectivity index (χ2n) is 11.1. The average Bonchev–Trinajstić information content (AvgIpc) is 2.99. The lowest BCUT2D eigenvalue weighted by molar-refractivity contribution is -0.132. The minimum absolute atomic E-state index is 0.00163. The second kappa shape index (κ2) is 13.7. The van der Waals surface area contributed by atoms with Crippen molar-refractivity contribution in [1.29, 1.82) is 0 Å². The highest BCUT2D eigenvalue weighted by molar-refractivity contribution is 9.10. The molecule has 0 saturated carbocycles. The van der Waals surface area contributed by atoms with Gasteiger partial charge in [0.15, 0.2) is 0 Å². The van der Waals surface area contributed by atoms with Crippen molar-refractivity contribution >= 4 is 33.3 Å². The summed E-state index contributed by atoms with van der Waals surface area (Å²) in [6.45, 7) is 3.77. The first kappa shape index (κ1) is 30.0. The summed E-state index contributed by atoms with van der Waals surface area (Å²) in [7, 11) is 1.86. The molecule has 5 rings (SSSR count). The lowest BCUT2D eigenvalue weighted by Gasteiger charge is -2.44. The van der Waals surface area contributed by atoms with E-state index >= 15 is 0 Å². The molecular formula is C34H37BrFN3O3. The summed E-state index contributed by atoms with van der Waals surface area (Å²) >= 11 is 3.41. The van der Waals surface area contributed by atoms with Crippen LogP contribution in [0.15, 0.2) is 82.8 Å². The molecule has 3 aromatic rings. The largest absolute Gasteiger partial charge is 0.492 e. The number of carbonyl (C=O) groups is 2. The number of ether oxygens (including phenoxy) is 1. The van der Waals surface area contributed by atoms with Crippen molar-refractivity contribution < 1.29 is 18.7 Å². The molecule has 220 valence electrons. The van der Waals surface area contributed by atoms with Gasteiger partial charge in [0.05, 0.1) is 17.1 Å². The van der Waals surface area contributed by atoms with Crippen LogP contribution in [-0.2, 0) is 22.4 Å². The van der Waals surface area contributed by atoms with Gasteiger partial charge in [0.25, 0.3) is 5.91 Å². The van der Waals surface area contributed by atoms with Gasteiger partial charge in [-0.25, -0.2) is 4.39 Å². The first-order valence-corrected chi connectivity index (χ1v) is 15.3. The first-order chi connectivity index (χ1) is 20.3. The fourth-order valence-electron chi connectivity index (χ4n) is 5.83. The Kier molecular flexibility index (Phi) is 9.75. The van der Waals surface area contributed by atoms with Crippen molar-refractivity contribution in [3.8, 4) is 5.75 Å². The van der Waals surface area contributed by atoms with E-state index in [1.807, 2.05) is 41.1 Å². The molecular weight excluding hydrogens is 597 g/mol. The summed E-state index contributed by atoms with van der Waals surface area (Å²) in [6, 6.07) is 22.9. The van der Waals surface area contributed by atoms with Gasteiger partial charge in [-0.3, -0.25) is 9.59 Å². The van der Waals surface area contributed by atoms with Crippen LogP contribution in [0, 0.1) is 5.82 Å². The van der Waals surface area contributed by atoms with Crippen LogP contribution in [-0.4, -0.2) is 67.0 Å². The number of amides is 2. The maximum absolute atomic E-state index is 14.0. The molecule has 1 fully saturated rings. The molecule has 0 aliphatic carbocycles. The van der Waals surface area contributed by atoms with Gasteiger partial charge in [0.1, 0.15) is 11.6 Å². The Morgan fingerprint density at radius 3 is 2.60 bits per heavy atom. The van der Waals surface area contributed by atoms with E-state index < -0.39 is 0 Å². The van der Waals surface area contributed by atoms with Crippen LogP contribution in [0.2, 0.25) is 0 Å². The number of fused-ring (bicyclic) bond motifs is 2. The fraction of sp³-hybridized carbons (Fsp3) is 0.353. The van der Waals surface area contributed by atoms with E-state index in [1.165, 1.54) is 17.7 Å². The van der Waals surface area contributed by atoms with Crippen LogP contribution in [0.4, 0.5) is 4.39 Å². The molecule has 2 atom stereocenters. The standard InChI is InChI=1S/C34H37BrFN3O3/c1-23(40)39-21-28-20-29(33(31(22-39)37-28)34(41)38(2)16-15-24-8-4-3-5-9-24)26-12-6-10-25(18-26)11-7-17-42-32-19-27(36)13-14-30(32)35/h3-6,8-10,12-14,18-19,28,31,37H,7,11,15-17,20-22H2,1-2H3/t28?,31-/m1/s1. The van der Waals surface area contributed by atoms with E-state index in [0.29, 0.717) is 38.4 Å². The first-order valence-electron chi connectivity index (χ1n) is 14.5. The lowest BCUT2D eigenvalue weighted by atomic mass is 9.82. The van der Waals surface area contributed by atoms with E-state index in [4.69, 9.17) is 4.74 Å². The molecule has 3 aromatic carbocycles. The third kappa shape index (κ3) is 7.28. The van der Waals surface area contributed by atoms with Crippen LogP contribution >= 0.6 is 15.9 Å². The number of carbonyl (C=O) groups excluding carboxylic acids is 2. The number of nitrogens with zero attached hydrogens (tertiary/aromatic N) is 2. The zero-order valence-corrected chi connectivity index (χ0v) is 25.7. The van der Waals surface area contributed by atoms with Crippen molar-refractivity contribution in [2.45, 2.75) is 44.7 Å². The Balaban J connectivity index is 1.35. The molecule has 1 saturated heterocycles. The van der Waals surface area contributed by atoms with Gasteiger partial charge in [-0.2, -0.15) is 0 Å². The molecule has 2 heterocycles. The van der Waals surface area contributed by atoms with Crippen molar-refractivity contribution in [3.63, 3.8) is 0 Å². The smallest absolute Gasteiger partial charge is 0.251 e. The third-order valence-electron chi connectivity index (χ3n) is 8.04. The third-order valence-corrected chi connectivity index (χ3v) is 8.70. The van der Waals surface area contributed by atoms with Crippen LogP contribution in [0.1, 0.15) is 36.5 Å². The highest BCUT2D eigenvalue weighted by atomic mass is 79.9. The summed E-state index contributed by atoms with van der Waals surface area (Å²) < 4.78 is 20.1. The Morgan fingerprint density at radius 2 is 1.81 bits per heavy atom. The normalized spacial score (nSPS) is 18.1. The van der Waals surface area contributed by atoms with Gasteiger partial charge in [-0.05, 0) is 76.0 Å². The number of piperazine rings is 1. The Hall–Kier alpha value is -3.49. The number of hydrogen-bond acceptors (Lipinski definition) is 4. The summed E-state index contributed by atoms with van der Waals surface area (Å²) in [6.07, 6.45) is 3.00. The van der Waals surface area contributed by atoms with Gasteiger partial charge in [0.2, 0.25) is 5.91 Å². The second-order valence-corrected chi connectivity index (χ2v) is 12.0. The quantitative estimate of drug-likeness (QED) is 0.293. The molecule has 2 aliphatic heterocycles. The number of benzene rings is 3. The number of hydrogen-bond donors (Lipinski definition) is 1. The Labute approximate surface area is 255 Å². The Morgan fingerprint density at radius 1 is 1.02 bits per heavy atom. The molecule has 0 spiro atoms. The highest BCUT2D eigenvalue weighted by Gasteiger charge is 2.39. The topological polar surface area (TPSA) is 61.9 Å². The number of halogens is 2. The maximum Gasteiger partial charge on any atom is 0.251 e. The van der Waals surface area contributed by atoms with Crippen molar-refractivity contribution in [3.05, 3.63) is 105 Å². The van der Waals surface area contributed by atoms with Crippen molar-refractivity contribution in [1.82, 2.24) is 15.1 Å². The highest BCUT2D eigenvalue weighted by Crippen LogP contribution is 2.34. The summed E-state index contributed by atoms with van der Waals surface area (Å²) in [5.74, 6) is 0.202. The van der Waals surface area contributed by atoms with Gasteiger partial charge < -0.3 is 19.9 Å². The van der Waals surface area contributed by atoms with Crippen LogP contribution in [0.3, 0.4) is 0 Å². The molecule has 2 bridgehead atoms. The minimum Gasteiger partial charge on any atom is -0.492 e.